The molecule has 2 unspecified atom stereocenters. The van der Waals surface area contributed by atoms with Crippen LogP contribution < -0.4 is 10.1 Å². The molecule has 4 atom stereocenters. The van der Waals surface area contributed by atoms with Crippen LogP contribution in [0.4, 0.5) is 13.2 Å². The number of alkyl halides is 3. The van der Waals surface area contributed by atoms with E-state index in [2.05, 4.69) is 16.6 Å². The van der Waals surface area contributed by atoms with Crippen molar-refractivity contribution < 1.29 is 41.5 Å². The van der Waals surface area contributed by atoms with E-state index in [0.29, 0.717) is 43.7 Å². The van der Waals surface area contributed by atoms with Crippen LogP contribution in [0.25, 0.3) is 6.08 Å². The maximum absolute atomic E-state index is 13.6. The highest BCUT2D eigenvalue weighted by Gasteiger charge is 2.66. The lowest BCUT2D eigenvalue weighted by atomic mass is 9.55. The first-order valence-electron chi connectivity index (χ1n) is 14.0. The van der Waals surface area contributed by atoms with Gasteiger partial charge < -0.3 is 14.2 Å². The SMILES string of the molecule is C=CC[N@+]1(C)CC2(OC(C)=O)CCCCC2(c2cccc(OC)c2)C[C@H]1NC(=O)C(=Cc1ccccc1)OC(F)(F)F. The third kappa shape index (κ3) is 6.48. The fourth-order valence-electron chi connectivity index (χ4n) is 6.85. The van der Waals surface area contributed by atoms with E-state index < -0.39 is 41.2 Å². The Morgan fingerprint density at radius 1 is 1.12 bits per heavy atom. The van der Waals surface area contributed by atoms with Crippen molar-refractivity contribution in [1.82, 2.24) is 5.32 Å². The summed E-state index contributed by atoms with van der Waals surface area (Å²) in [7, 11) is 3.47. The van der Waals surface area contributed by atoms with Gasteiger partial charge in [0.05, 0.1) is 20.7 Å². The lowest BCUT2D eigenvalue weighted by molar-refractivity contribution is -0.944. The van der Waals surface area contributed by atoms with Crippen LogP contribution >= 0.6 is 0 Å². The van der Waals surface area contributed by atoms with Gasteiger partial charge in [-0.15, -0.1) is 13.2 Å². The van der Waals surface area contributed by atoms with E-state index in [0.717, 1.165) is 24.5 Å². The fraction of sp³-hybridized carbons (Fsp3) is 0.438. The highest BCUT2D eigenvalue weighted by molar-refractivity contribution is 5.96. The summed E-state index contributed by atoms with van der Waals surface area (Å²) in [6, 6.07) is 15.8. The number of carbonyl (C=O) groups excluding carboxylic acids is 2. The number of amides is 1. The van der Waals surface area contributed by atoms with Gasteiger partial charge in [-0.05, 0) is 54.7 Å². The molecule has 0 radical (unpaired) electrons. The van der Waals surface area contributed by atoms with Gasteiger partial charge >= 0.3 is 12.3 Å². The predicted molar refractivity (Wildman–Crippen MR) is 152 cm³/mol. The fourth-order valence-corrected chi connectivity index (χ4v) is 6.85. The minimum Gasteiger partial charge on any atom is -0.497 e. The number of likely N-dealkylation sites (tertiary alicyclic amines) is 1. The van der Waals surface area contributed by atoms with Crippen molar-refractivity contribution >= 4 is 18.0 Å². The van der Waals surface area contributed by atoms with Gasteiger partial charge in [-0.3, -0.25) is 19.4 Å². The molecule has 2 aromatic carbocycles. The highest BCUT2D eigenvalue weighted by Crippen LogP contribution is 2.56. The van der Waals surface area contributed by atoms with E-state index in [1.165, 1.54) is 6.92 Å². The molecule has 1 saturated carbocycles. The van der Waals surface area contributed by atoms with Crippen molar-refractivity contribution in [3.63, 3.8) is 0 Å². The number of benzene rings is 2. The third-order valence-corrected chi connectivity index (χ3v) is 8.57. The number of hydrogen-bond donors (Lipinski definition) is 1. The van der Waals surface area contributed by atoms with Gasteiger partial charge in [0.2, 0.25) is 0 Å². The quantitative estimate of drug-likeness (QED) is 0.131. The molecule has 1 N–H and O–H groups in total. The molecular formula is C32H38F3N2O5+. The molecule has 1 heterocycles. The zero-order chi connectivity index (χ0) is 30.6. The molecule has 226 valence electrons. The molecule has 4 rings (SSSR count). The molecule has 1 aliphatic heterocycles. The molecular weight excluding hydrogens is 549 g/mol. The van der Waals surface area contributed by atoms with Gasteiger partial charge in [0, 0.05) is 18.8 Å². The topological polar surface area (TPSA) is 73.9 Å². The van der Waals surface area contributed by atoms with Crippen molar-refractivity contribution in [2.45, 2.75) is 62.6 Å². The number of nitrogens with zero attached hydrogens (tertiary/aromatic N) is 1. The van der Waals surface area contributed by atoms with E-state index >= 15 is 0 Å². The first-order valence-corrected chi connectivity index (χ1v) is 14.0. The molecule has 2 aliphatic rings. The second-order valence-electron chi connectivity index (χ2n) is 11.4. The Balaban J connectivity index is 1.82. The van der Waals surface area contributed by atoms with E-state index in [-0.39, 0.29) is 4.48 Å². The van der Waals surface area contributed by atoms with Crippen LogP contribution in [0.15, 0.2) is 73.0 Å². The molecule has 2 aromatic rings. The Kier molecular flexibility index (Phi) is 9.06. The van der Waals surface area contributed by atoms with E-state index in [1.807, 2.05) is 31.3 Å². The molecule has 0 aromatic heterocycles. The summed E-state index contributed by atoms with van der Waals surface area (Å²) in [6.45, 7) is 5.98. The summed E-state index contributed by atoms with van der Waals surface area (Å²) >= 11 is 0. The minimum atomic E-state index is -5.07. The molecule has 7 nitrogen and oxygen atoms in total. The highest BCUT2D eigenvalue weighted by atomic mass is 19.4. The Morgan fingerprint density at radius 2 is 1.83 bits per heavy atom. The third-order valence-electron chi connectivity index (χ3n) is 8.57. The van der Waals surface area contributed by atoms with E-state index in [1.54, 1.807) is 43.5 Å². The molecule has 0 bridgehead atoms. The number of piperidine rings is 1. The normalized spacial score (nSPS) is 27.8. The number of rotatable bonds is 9. The van der Waals surface area contributed by atoms with Gasteiger partial charge in [-0.25, -0.2) is 0 Å². The maximum Gasteiger partial charge on any atom is 0.573 e. The minimum absolute atomic E-state index is 0.166. The first-order chi connectivity index (χ1) is 19.9. The molecule has 2 fully saturated rings. The number of hydrogen-bond acceptors (Lipinski definition) is 5. The number of esters is 1. The predicted octanol–water partition coefficient (Wildman–Crippen LogP) is 5.87. The zero-order valence-corrected chi connectivity index (χ0v) is 24.2. The maximum atomic E-state index is 13.6. The lowest BCUT2D eigenvalue weighted by Crippen LogP contribution is -2.76. The number of methoxy groups -OCH3 is 1. The summed E-state index contributed by atoms with van der Waals surface area (Å²) in [5.74, 6) is -1.64. The number of quaternary nitrogens is 1. The lowest BCUT2D eigenvalue weighted by Gasteiger charge is -2.61. The van der Waals surface area contributed by atoms with E-state index in [9.17, 15) is 22.8 Å². The molecule has 1 amide bonds. The standard InChI is InChI=1S/C32H37F3N2O5/c1-5-18-37(3)22-31(41-23(2)38)17-10-9-16-30(31,25-14-11-15-26(20-25)40-4)21-28(37)36-29(39)27(42-32(33,34)35)19-24-12-7-6-8-13-24/h5-8,11-15,19-20,28H,1,9-10,16-18,21-22H2,2-4H3/p+1/t28-,30?,31?,37+/m0/s1. The summed E-state index contributed by atoms with van der Waals surface area (Å²) in [5.41, 5.74) is -0.393. The summed E-state index contributed by atoms with van der Waals surface area (Å²) in [6.07, 6.45) is 0.286. The second-order valence-corrected chi connectivity index (χ2v) is 11.4. The Morgan fingerprint density at radius 3 is 2.48 bits per heavy atom. The zero-order valence-electron chi connectivity index (χ0n) is 24.2. The van der Waals surface area contributed by atoms with Gasteiger partial charge in [-0.2, -0.15) is 0 Å². The van der Waals surface area contributed by atoms with Crippen LogP contribution in [0.5, 0.6) is 5.75 Å². The van der Waals surface area contributed by atoms with Crippen molar-refractivity contribution in [1.29, 1.82) is 0 Å². The van der Waals surface area contributed by atoms with Gasteiger partial charge in [0.1, 0.15) is 12.3 Å². The monoisotopic (exact) mass is 587 g/mol. The Bertz CT molecular complexity index is 1330. The van der Waals surface area contributed by atoms with Crippen LogP contribution in [-0.2, 0) is 24.5 Å². The van der Waals surface area contributed by atoms with Crippen LogP contribution in [-0.4, -0.2) is 61.7 Å². The smallest absolute Gasteiger partial charge is 0.497 e. The van der Waals surface area contributed by atoms with Gasteiger partial charge in [-0.1, -0.05) is 55.5 Å². The average molecular weight is 588 g/mol. The molecule has 42 heavy (non-hydrogen) atoms. The molecule has 1 aliphatic carbocycles. The van der Waals surface area contributed by atoms with Crippen LogP contribution in [0, 0.1) is 0 Å². The van der Waals surface area contributed by atoms with Crippen molar-refractivity contribution in [2.75, 3.05) is 27.2 Å². The molecule has 1 saturated heterocycles. The van der Waals surface area contributed by atoms with Gasteiger partial charge in [0.25, 0.3) is 5.91 Å². The molecule has 0 spiro atoms. The number of halogens is 3. The van der Waals surface area contributed by atoms with Crippen molar-refractivity contribution in [3.8, 4) is 5.75 Å². The number of ether oxygens (including phenoxy) is 3. The van der Waals surface area contributed by atoms with Gasteiger partial charge in [0.15, 0.2) is 17.5 Å². The summed E-state index contributed by atoms with van der Waals surface area (Å²) < 4.78 is 56.5. The van der Waals surface area contributed by atoms with Crippen LogP contribution in [0.1, 0.15) is 50.2 Å². The number of fused-ring (bicyclic) bond motifs is 1. The second kappa shape index (κ2) is 12.2. The van der Waals surface area contributed by atoms with E-state index in [4.69, 9.17) is 9.47 Å². The molecule has 10 heteroatoms. The average Bonchev–Trinajstić information content (AvgIpc) is 2.92. The summed E-state index contributed by atoms with van der Waals surface area (Å²) in [5, 5.41) is 2.88. The Hall–Kier alpha value is -3.79. The number of nitrogens with one attached hydrogen (secondary N) is 1. The number of carbonyl (C=O) groups is 2. The number of likely N-dealkylation sites (N-methyl/N-ethyl adjacent to an activating group) is 1. The first kappa shape index (κ1) is 31.2. The van der Waals surface area contributed by atoms with Crippen LogP contribution in [0.3, 0.4) is 0 Å². The summed E-state index contributed by atoms with van der Waals surface area (Å²) in [4.78, 5) is 26.2. The van der Waals surface area contributed by atoms with Crippen LogP contribution in [0.2, 0.25) is 0 Å². The largest absolute Gasteiger partial charge is 0.573 e. The Labute approximate surface area is 244 Å². The van der Waals surface area contributed by atoms with Crippen molar-refractivity contribution in [3.05, 3.63) is 84.1 Å². The van der Waals surface area contributed by atoms with Crippen molar-refractivity contribution in [2.24, 2.45) is 0 Å².